The number of anilines is 1. The Morgan fingerprint density at radius 1 is 1.36 bits per heavy atom. The van der Waals surface area contributed by atoms with Crippen LogP contribution in [0.5, 0.6) is 0 Å². The van der Waals surface area contributed by atoms with E-state index >= 15 is 0 Å². The zero-order chi connectivity index (χ0) is 23.9. The molecule has 3 heterocycles. The number of hydrogen-bond donors (Lipinski definition) is 2. The topological polar surface area (TPSA) is 95.9 Å². The minimum Gasteiger partial charge on any atom is -0.466 e. The fourth-order valence-electron chi connectivity index (χ4n) is 5.83. The van der Waals surface area contributed by atoms with Crippen molar-refractivity contribution in [1.82, 2.24) is 4.90 Å². The second kappa shape index (κ2) is 9.47. The predicted molar refractivity (Wildman–Crippen MR) is 128 cm³/mol. The molecule has 7 nitrogen and oxygen atoms in total. The molecule has 4 rings (SSSR count). The number of nitrogens with one attached hydrogen (secondary N) is 1. The summed E-state index contributed by atoms with van der Waals surface area (Å²) in [5, 5.41) is 13.6. The molecule has 7 atom stereocenters. The zero-order valence-electron chi connectivity index (χ0n) is 19.1. The van der Waals surface area contributed by atoms with Crippen LogP contribution in [0.25, 0.3) is 0 Å². The number of aliphatic hydroxyl groups excluding tert-OH is 1. The zero-order valence-corrected chi connectivity index (χ0v) is 20.7. The fraction of sp³-hybridized carbons (Fsp3) is 0.625. The van der Waals surface area contributed by atoms with E-state index in [-0.39, 0.29) is 42.2 Å². The summed E-state index contributed by atoms with van der Waals surface area (Å²) in [7, 11) is 0. The molecule has 3 aliphatic rings. The van der Waals surface area contributed by atoms with E-state index < -0.39 is 28.7 Å². The molecule has 2 bridgehead atoms. The number of benzene rings is 1. The maximum Gasteiger partial charge on any atom is 0.310 e. The van der Waals surface area contributed by atoms with Crippen LogP contribution in [-0.2, 0) is 19.1 Å². The Kier molecular flexibility index (Phi) is 6.99. The van der Waals surface area contributed by atoms with E-state index in [1.54, 1.807) is 47.9 Å². The van der Waals surface area contributed by atoms with Gasteiger partial charge in [0.1, 0.15) is 6.04 Å². The number of thioether (sulfide) groups is 1. The van der Waals surface area contributed by atoms with Crippen molar-refractivity contribution < 1.29 is 24.2 Å². The van der Waals surface area contributed by atoms with Crippen molar-refractivity contribution in [3.63, 3.8) is 0 Å². The molecule has 2 amide bonds. The number of aliphatic hydroxyl groups is 1. The van der Waals surface area contributed by atoms with Crippen LogP contribution in [0.15, 0.2) is 24.3 Å². The number of fused-ring (bicyclic) bond motifs is 1. The van der Waals surface area contributed by atoms with Crippen molar-refractivity contribution in [3.05, 3.63) is 29.3 Å². The van der Waals surface area contributed by atoms with E-state index in [0.29, 0.717) is 17.1 Å². The molecule has 1 spiro atoms. The first-order valence-corrected chi connectivity index (χ1v) is 12.9. The summed E-state index contributed by atoms with van der Waals surface area (Å²) in [4.78, 5) is 42.2. The quantitative estimate of drug-likeness (QED) is 0.538. The number of likely N-dealkylation sites (tertiary alicyclic amines) is 1. The number of ether oxygens (including phenoxy) is 1. The molecule has 0 radical (unpaired) electrons. The molecular formula is C24H31ClN2O5S. The average molecular weight is 495 g/mol. The van der Waals surface area contributed by atoms with Crippen LogP contribution in [-0.4, -0.2) is 63.1 Å². The van der Waals surface area contributed by atoms with Gasteiger partial charge in [0.25, 0.3) is 0 Å². The standard InChI is InChI=1S/C24H31ClN2O5S/c1-4-13(3)16(12-28)27-20(21(29)26-15-9-7-6-8-14(15)25)24-11-10-17(33-24)18(19(24)22(27)30)23(31)32-5-2/h6-9,13,16-20,28H,4-5,10-12H2,1-3H3,(H,26,29)/t13-,16-,17+,18-,19-,20?,24?/m0/s1. The summed E-state index contributed by atoms with van der Waals surface area (Å²) in [6.45, 7) is 5.70. The lowest BCUT2D eigenvalue weighted by atomic mass is 9.71. The Balaban J connectivity index is 1.77. The van der Waals surface area contributed by atoms with Gasteiger partial charge >= 0.3 is 5.97 Å². The van der Waals surface area contributed by atoms with Gasteiger partial charge in [0.2, 0.25) is 11.8 Å². The van der Waals surface area contributed by atoms with Crippen molar-refractivity contribution in [2.75, 3.05) is 18.5 Å². The van der Waals surface area contributed by atoms with Gasteiger partial charge in [-0.05, 0) is 37.8 Å². The number of hydrogen-bond acceptors (Lipinski definition) is 6. The SMILES string of the molecule is CCOC(=O)[C@@H]1[C@H]2C(=O)N([C@@H](CO)[C@@H](C)CC)C(C(=O)Nc3ccccc3Cl)C23CC[C@H]1S3. The number of halogens is 1. The number of carbonyl (C=O) groups is 3. The summed E-state index contributed by atoms with van der Waals surface area (Å²) in [6.07, 6.45) is 2.14. The number of para-hydroxylation sites is 1. The second-order valence-electron chi connectivity index (χ2n) is 9.16. The molecule has 3 saturated heterocycles. The van der Waals surface area contributed by atoms with Gasteiger partial charge in [0.15, 0.2) is 0 Å². The summed E-state index contributed by atoms with van der Waals surface area (Å²) < 4.78 is 4.61. The normalized spacial score (nSPS) is 31.9. The monoisotopic (exact) mass is 494 g/mol. The van der Waals surface area contributed by atoms with Crippen molar-refractivity contribution in [2.24, 2.45) is 17.8 Å². The molecule has 180 valence electrons. The van der Waals surface area contributed by atoms with Gasteiger partial charge in [-0.1, -0.05) is 44.0 Å². The van der Waals surface area contributed by atoms with Gasteiger partial charge < -0.3 is 20.1 Å². The molecule has 1 aromatic carbocycles. The van der Waals surface area contributed by atoms with E-state index in [1.165, 1.54) is 0 Å². The molecule has 0 saturated carbocycles. The largest absolute Gasteiger partial charge is 0.466 e. The lowest BCUT2D eigenvalue weighted by molar-refractivity contribution is -0.154. The number of amides is 2. The highest BCUT2D eigenvalue weighted by atomic mass is 35.5. The maximum atomic E-state index is 13.9. The average Bonchev–Trinajstić information content (AvgIpc) is 3.43. The third-order valence-electron chi connectivity index (χ3n) is 7.52. The molecule has 0 aromatic heterocycles. The molecule has 33 heavy (non-hydrogen) atoms. The smallest absolute Gasteiger partial charge is 0.310 e. The van der Waals surface area contributed by atoms with Crippen LogP contribution in [0.4, 0.5) is 5.69 Å². The van der Waals surface area contributed by atoms with Gasteiger partial charge in [-0.15, -0.1) is 11.8 Å². The number of esters is 1. The predicted octanol–water partition coefficient (Wildman–Crippen LogP) is 3.34. The first-order valence-electron chi connectivity index (χ1n) is 11.6. The molecule has 0 aliphatic carbocycles. The summed E-state index contributed by atoms with van der Waals surface area (Å²) in [6, 6.07) is 5.64. The molecule has 3 aliphatic heterocycles. The third-order valence-corrected chi connectivity index (χ3v) is 9.80. The lowest BCUT2D eigenvalue weighted by Gasteiger charge is -2.39. The summed E-state index contributed by atoms with van der Waals surface area (Å²) in [5.74, 6) is -2.17. The van der Waals surface area contributed by atoms with Crippen LogP contribution in [0.1, 0.15) is 40.0 Å². The maximum absolute atomic E-state index is 13.9. The van der Waals surface area contributed by atoms with Crippen LogP contribution in [0, 0.1) is 17.8 Å². The Labute approximate surface area is 203 Å². The van der Waals surface area contributed by atoms with Crippen molar-refractivity contribution >= 4 is 46.8 Å². The van der Waals surface area contributed by atoms with E-state index in [0.717, 1.165) is 12.8 Å². The molecule has 9 heteroatoms. The van der Waals surface area contributed by atoms with Crippen molar-refractivity contribution in [2.45, 2.75) is 62.1 Å². The third kappa shape index (κ3) is 3.84. The molecule has 3 fully saturated rings. The van der Waals surface area contributed by atoms with E-state index in [9.17, 15) is 19.5 Å². The summed E-state index contributed by atoms with van der Waals surface area (Å²) >= 11 is 7.87. The van der Waals surface area contributed by atoms with E-state index in [4.69, 9.17) is 16.3 Å². The van der Waals surface area contributed by atoms with Gasteiger partial charge in [-0.2, -0.15) is 0 Å². The summed E-state index contributed by atoms with van der Waals surface area (Å²) in [5.41, 5.74) is 0.472. The molecule has 2 unspecified atom stereocenters. The number of nitrogens with zero attached hydrogens (tertiary/aromatic N) is 1. The molecule has 2 N–H and O–H groups in total. The van der Waals surface area contributed by atoms with E-state index in [1.807, 2.05) is 13.8 Å². The highest BCUT2D eigenvalue weighted by molar-refractivity contribution is 8.02. The Morgan fingerprint density at radius 3 is 2.73 bits per heavy atom. The number of carbonyl (C=O) groups excluding carboxylic acids is 3. The van der Waals surface area contributed by atoms with Crippen LogP contribution in [0.2, 0.25) is 5.02 Å². The van der Waals surface area contributed by atoms with Gasteiger partial charge in [0, 0.05) is 5.25 Å². The van der Waals surface area contributed by atoms with Crippen LogP contribution < -0.4 is 5.32 Å². The number of rotatable bonds is 8. The van der Waals surface area contributed by atoms with E-state index in [2.05, 4.69) is 5.32 Å². The highest BCUT2D eigenvalue weighted by Gasteiger charge is 2.74. The fourth-order valence-corrected chi connectivity index (χ4v) is 8.21. The van der Waals surface area contributed by atoms with Gasteiger partial charge in [-0.3, -0.25) is 14.4 Å². The Hall–Kier alpha value is -1.77. The van der Waals surface area contributed by atoms with Gasteiger partial charge in [-0.25, -0.2) is 0 Å². The highest BCUT2D eigenvalue weighted by Crippen LogP contribution is 2.67. The molecule has 1 aromatic rings. The second-order valence-corrected chi connectivity index (χ2v) is 11.2. The minimum atomic E-state index is -0.813. The van der Waals surface area contributed by atoms with Crippen molar-refractivity contribution in [3.8, 4) is 0 Å². The Morgan fingerprint density at radius 2 is 2.09 bits per heavy atom. The van der Waals surface area contributed by atoms with Crippen molar-refractivity contribution in [1.29, 1.82) is 0 Å². The lowest BCUT2D eigenvalue weighted by Crippen LogP contribution is -2.56. The van der Waals surface area contributed by atoms with Crippen LogP contribution >= 0.6 is 23.4 Å². The van der Waals surface area contributed by atoms with Crippen LogP contribution in [0.3, 0.4) is 0 Å². The minimum absolute atomic E-state index is 0.0203. The Bertz CT molecular complexity index is 945. The first kappa shape index (κ1) is 24.4. The van der Waals surface area contributed by atoms with Gasteiger partial charge in [0.05, 0.1) is 46.5 Å². The first-order chi connectivity index (χ1) is 15.8. The molecular weight excluding hydrogens is 464 g/mol.